The molecule has 21 heavy (non-hydrogen) atoms. The van der Waals surface area contributed by atoms with Crippen LogP contribution in [0.25, 0.3) is 10.8 Å². The van der Waals surface area contributed by atoms with Crippen molar-refractivity contribution in [1.29, 1.82) is 0 Å². The van der Waals surface area contributed by atoms with Crippen LogP contribution in [0.5, 0.6) is 0 Å². The van der Waals surface area contributed by atoms with Crippen molar-refractivity contribution < 1.29 is 18.3 Å². The highest BCUT2D eigenvalue weighted by atomic mass is 19.2. The predicted octanol–water partition coefficient (Wildman–Crippen LogP) is 4.45. The Morgan fingerprint density at radius 2 is 1.67 bits per heavy atom. The normalized spacial score (nSPS) is 17.1. The Kier molecular flexibility index (Phi) is 3.40. The maximum atomic E-state index is 13.4. The molecule has 0 atom stereocenters. The highest BCUT2D eigenvalue weighted by molar-refractivity contribution is 5.83. The first-order chi connectivity index (χ1) is 10.00. The summed E-state index contributed by atoms with van der Waals surface area (Å²) in [5, 5.41) is 1.25. The standard InChI is InChI=1S/C17H16F2O2/c1-11(20)21-17(6-2-3-7-17)14-5-4-12-9-15(18)16(19)10-13(12)8-14/h4-5,8-10H,2-3,6-7H2,1H3. The summed E-state index contributed by atoms with van der Waals surface area (Å²) in [4.78, 5) is 11.4. The molecule has 0 spiro atoms. The summed E-state index contributed by atoms with van der Waals surface area (Å²) in [6.45, 7) is 1.40. The lowest BCUT2D eigenvalue weighted by Gasteiger charge is -2.29. The molecule has 0 N–H and O–H groups in total. The highest BCUT2D eigenvalue weighted by Crippen LogP contribution is 2.43. The molecule has 1 aliphatic carbocycles. The first kappa shape index (κ1) is 14.0. The fraction of sp³-hybridized carbons (Fsp3) is 0.353. The molecule has 0 radical (unpaired) electrons. The highest BCUT2D eigenvalue weighted by Gasteiger charge is 2.38. The van der Waals surface area contributed by atoms with Crippen molar-refractivity contribution in [3.63, 3.8) is 0 Å². The van der Waals surface area contributed by atoms with E-state index in [-0.39, 0.29) is 5.97 Å². The Bertz CT molecular complexity index is 703. The molecule has 2 nitrogen and oxygen atoms in total. The Morgan fingerprint density at radius 3 is 2.29 bits per heavy atom. The molecule has 0 heterocycles. The molecule has 4 heteroatoms. The van der Waals surface area contributed by atoms with Crippen molar-refractivity contribution in [1.82, 2.24) is 0 Å². The lowest BCUT2D eigenvalue weighted by atomic mass is 9.90. The SMILES string of the molecule is CC(=O)OC1(c2ccc3cc(F)c(F)cc3c2)CCCC1. The Morgan fingerprint density at radius 1 is 1.05 bits per heavy atom. The van der Waals surface area contributed by atoms with Crippen molar-refractivity contribution >= 4 is 16.7 Å². The van der Waals surface area contributed by atoms with Gasteiger partial charge in [0.1, 0.15) is 5.60 Å². The van der Waals surface area contributed by atoms with Gasteiger partial charge in [0.05, 0.1) is 0 Å². The average molecular weight is 290 g/mol. The number of hydrogen-bond acceptors (Lipinski definition) is 2. The third-order valence-electron chi connectivity index (χ3n) is 4.16. The van der Waals surface area contributed by atoms with E-state index in [1.54, 1.807) is 12.1 Å². The van der Waals surface area contributed by atoms with Crippen LogP contribution < -0.4 is 0 Å². The summed E-state index contributed by atoms with van der Waals surface area (Å²) in [6.07, 6.45) is 3.51. The molecule has 0 aromatic heterocycles. The number of benzene rings is 2. The van der Waals surface area contributed by atoms with E-state index >= 15 is 0 Å². The smallest absolute Gasteiger partial charge is 0.303 e. The topological polar surface area (TPSA) is 26.3 Å². The van der Waals surface area contributed by atoms with Gasteiger partial charge in [-0.05, 0) is 60.2 Å². The van der Waals surface area contributed by atoms with E-state index in [1.807, 2.05) is 6.07 Å². The number of esters is 1. The molecular formula is C17H16F2O2. The Hall–Kier alpha value is -1.97. The summed E-state index contributed by atoms with van der Waals surface area (Å²) < 4.78 is 32.2. The number of rotatable bonds is 2. The first-order valence-corrected chi connectivity index (χ1v) is 7.09. The predicted molar refractivity (Wildman–Crippen MR) is 75.8 cm³/mol. The number of halogens is 2. The second kappa shape index (κ2) is 5.10. The Balaban J connectivity index is 2.10. The van der Waals surface area contributed by atoms with Gasteiger partial charge < -0.3 is 4.74 Å². The third-order valence-corrected chi connectivity index (χ3v) is 4.16. The first-order valence-electron chi connectivity index (χ1n) is 7.09. The van der Waals surface area contributed by atoms with Crippen molar-refractivity contribution in [2.75, 3.05) is 0 Å². The number of carbonyl (C=O) groups excluding carboxylic acids is 1. The molecular weight excluding hydrogens is 274 g/mol. The van der Waals surface area contributed by atoms with E-state index in [9.17, 15) is 13.6 Å². The van der Waals surface area contributed by atoms with E-state index < -0.39 is 17.2 Å². The maximum Gasteiger partial charge on any atom is 0.303 e. The van der Waals surface area contributed by atoms with Crippen molar-refractivity contribution in [3.8, 4) is 0 Å². The zero-order valence-electron chi connectivity index (χ0n) is 11.8. The van der Waals surface area contributed by atoms with E-state index in [0.717, 1.165) is 31.2 Å². The summed E-state index contributed by atoms with van der Waals surface area (Å²) in [5.74, 6) is -2.04. The third kappa shape index (κ3) is 2.50. The van der Waals surface area contributed by atoms with Crippen LogP contribution in [0.4, 0.5) is 8.78 Å². The summed E-state index contributed by atoms with van der Waals surface area (Å²) in [5.41, 5.74) is 0.235. The zero-order valence-corrected chi connectivity index (χ0v) is 11.8. The number of fused-ring (bicyclic) bond motifs is 1. The molecule has 0 bridgehead atoms. The van der Waals surface area contributed by atoms with Crippen LogP contribution in [-0.2, 0) is 15.1 Å². The molecule has 0 aliphatic heterocycles. The van der Waals surface area contributed by atoms with E-state index in [2.05, 4.69) is 0 Å². The van der Waals surface area contributed by atoms with Gasteiger partial charge in [-0.2, -0.15) is 0 Å². The van der Waals surface area contributed by atoms with Gasteiger partial charge >= 0.3 is 5.97 Å². The van der Waals surface area contributed by atoms with Crippen molar-refractivity contribution in [3.05, 3.63) is 47.5 Å². The van der Waals surface area contributed by atoms with Gasteiger partial charge in [-0.1, -0.05) is 12.1 Å². The van der Waals surface area contributed by atoms with Gasteiger partial charge in [-0.3, -0.25) is 4.79 Å². The van der Waals surface area contributed by atoms with Crippen LogP contribution in [0.15, 0.2) is 30.3 Å². The van der Waals surface area contributed by atoms with Gasteiger partial charge in [0.25, 0.3) is 0 Å². The van der Waals surface area contributed by atoms with Crippen LogP contribution in [-0.4, -0.2) is 5.97 Å². The van der Waals surface area contributed by atoms with Crippen LogP contribution in [0.1, 0.15) is 38.2 Å². The van der Waals surface area contributed by atoms with E-state index in [1.165, 1.54) is 19.1 Å². The molecule has 2 aromatic rings. The monoisotopic (exact) mass is 290 g/mol. The second-order valence-electron chi connectivity index (χ2n) is 5.62. The average Bonchev–Trinajstić information content (AvgIpc) is 2.88. The minimum absolute atomic E-state index is 0.317. The van der Waals surface area contributed by atoms with Crippen molar-refractivity contribution in [2.45, 2.75) is 38.2 Å². The van der Waals surface area contributed by atoms with Gasteiger partial charge in [-0.15, -0.1) is 0 Å². The summed E-state index contributed by atoms with van der Waals surface area (Å²) in [7, 11) is 0. The molecule has 0 saturated heterocycles. The maximum absolute atomic E-state index is 13.4. The van der Waals surface area contributed by atoms with Crippen LogP contribution in [0.3, 0.4) is 0 Å². The van der Waals surface area contributed by atoms with Gasteiger partial charge in [0.2, 0.25) is 0 Å². The van der Waals surface area contributed by atoms with Crippen LogP contribution in [0.2, 0.25) is 0 Å². The molecule has 0 unspecified atom stereocenters. The van der Waals surface area contributed by atoms with Gasteiger partial charge in [-0.25, -0.2) is 8.78 Å². The van der Waals surface area contributed by atoms with Crippen LogP contribution in [0, 0.1) is 11.6 Å². The summed E-state index contributed by atoms with van der Waals surface area (Å²) in [6, 6.07) is 7.75. The molecule has 110 valence electrons. The van der Waals surface area contributed by atoms with E-state index in [4.69, 9.17) is 4.74 Å². The summed E-state index contributed by atoms with van der Waals surface area (Å²) >= 11 is 0. The molecule has 3 rings (SSSR count). The fourth-order valence-electron chi connectivity index (χ4n) is 3.20. The molecule has 1 fully saturated rings. The number of carbonyl (C=O) groups is 1. The minimum Gasteiger partial charge on any atom is -0.454 e. The number of hydrogen-bond donors (Lipinski definition) is 0. The van der Waals surface area contributed by atoms with Crippen LogP contribution >= 0.6 is 0 Å². The molecule has 2 aromatic carbocycles. The minimum atomic E-state index is -0.868. The quantitative estimate of drug-likeness (QED) is 0.764. The molecule has 1 aliphatic rings. The largest absolute Gasteiger partial charge is 0.454 e. The molecule has 0 amide bonds. The Labute approximate surface area is 121 Å². The fourth-order valence-corrected chi connectivity index (χ4v) is 3.20. The lowest BCUT2D eigenvalue weighted by molar-refractivity contribution is -0.157. The van der Waals surface area contributed by atoms with E-state index in [0.29, 0.717) is 10.8 Å². The van der Waals surface area contributed by atoms with Crippen molar-refractivity contribution in [2.24, 2.45) is 0 Å². The second-order valence-corrected chi connectivity index (χ2v) is 5.62. The number of ether oxygens (including phenoxy) is 1. The molecule has 1 saturated carbocycles. The van der Waals surface area contributed by atoms with Gasteiger partial charge in [0, 0.05) is 6.92 Å². The lowest BCUT2D eigenvalue weighted by Crippen LogP contribution is -2.28. The van der Waals surface area contributed by atoms with Gasteiger partial charge in [0.15, 0.2) is 11.6 Å². The zero-order chi connectivity index (χ0) is 15.0.